The molecule has 0 saturated heterocycles. The highest BCUT2D eigenvalue weighted by molar-refractivity contribution is 6.67. The molecule has 1 aromatic rings. The number of rotatable bonds is 2. The summed E-state index contributed by atoms with van der Waals surface area (Å²) >= 11 is 5.21. The van der Waals surface area contributed by atoms with Gasteiger partial charge >= 0.3 is 0 Å². The van der Waals surface area contributed by atoms with Crippen molar-refractivity contribution in [2.45, 2.75) is 0 Å². The Labute approximate surface area is 69.0 Å². The number of pyridine rings is 1. The van der Waals surface area contributed by atoms with Crippen LogP contribution in [0.5, 0.6) is 5.88 Å². The number of carbonyl (C=O) groups excluding carboxylic acids is 1. The quantitative estimate of drug-likeness (QED) is 0.633. The van der Waals surface area contributed by atoms with Gasteiger partial charge in [0.2, 0.25) is 5.88 Å². The first-order valence-electron chi connectivity index (χ1n) is 2.94. The Morgan fingerprint density at radius 3 is 3.00 bits per heavy atom. The molecule has 0 unspecified atom stereocenters. The summed E-state index contributed by atoms with van der Waals surface area (Å²) in [6, 6.07) is 3.01. The monoisotopic (exact) mass is 171 g/mol. The van der Waals surface area contributed by atoms with E-state index < -0.39 is 5.24 Å². The lowest BCUT2D eigenvalue weighted by Gasteiger charge is -1.97. The first-order chi connectivity index (χ1) is 5.24. The van der Waals surface area contributed by atoms with Crippen LogP contribution in [0.15, 0.2) is 18.3 Å². The van der Waals surface area contributed by atoms with Crippen molar-refractivity contribution in [1.29, 1.82) is 0 Å². The van der Waals surface area contributed by atoms with Gasteiger partial charge in [0, 0.05) is 17.8 Å². The van der Waals surface area contributed by atoms with Crippen LogP contribution in [0.1, 0.15) is 10.4 Å². The zero-order valence-electron chi connectivity index (χ0n) is 5.87. The van der Waals surface area contributed by atoms with Gasteiger partial charge in [-0.3, -0.25) is 4.79 Å². The normalized spacial score (nSPS) is 9.27. The lowest BCUT2D eigenvalue weighted by molar-refractivity contribution is 0.108. The highest BCUT2D eigenvalue weighted by atomic mass is 35.5. The first-order valence-corrected chi connectivity index (χ1v) is 3.31. The Morgan fingerprint density at radius 1 is 1.73 bits per heavy atom. The fourth-order valence-corrected chi connectivity index (χ4v) is 0.761. The summed E-state index contributed by atoms with van der Waals surface area (Å²) in [5.41, 5.74) is 0.388. The summed E-state index contributed by atoms with van der Waals surface area (Å²) in [4.78, 5) is 14.4. The molecule has 0 atom stereocenters. The van der Waals surface area contributed by atoms with Gasteiger partial charge in [-0.05, 0) is 17.7 Å². The van der Waals surface area contributed by atoms with Crippen molar-refractivity contribution in [3.05, 3.63) is 23.9 Å². The van der Waals surface area contributed by atoms with E-state index >= 15 is 0 Å². The van der Waals surface area contributed by atoms with Gasteiger partial charge in [0.1, 0.15) is 0 Å². The predicted octanol–water partition coefficient (Wildman–Crippen LogP) is 1.47. The first kappa shape index (κ1) is 8.01. The van der Waals surface area contributed by atoms with Gasteiger partial charge in [-0.25, -0.2) is 4.98 Å². The van der Waals surface area contributed by atoms with Gasteiger partial charge in [-0.2, -0.15) is 0 Å². The average Bonchev–Trinajstić information content (AvgIpc) is 2.05. The maximum Gasteiger partial charge on any atom is 0.252 e. The largest absolute Gasteiger partial charge is 0.481 e. The maximum absolute atomic E-state index is 10.6. The van der Waals surface area contributed by atoms with E-state index in [0.29, 0.717) is 11.4 Å². The van der Waals surface area contributed by atoms with Crippen LogP contribution < -0.4 is 4.74 Å². The molecule has 0 N–H and O–H groups in total. The van der Waals surface area contributed by atoms with Crippen LogP contribution in [-0.2, 0) is 0 Å². The minimum Gasteiger partial charge on any atom is -0.481 e. The second-order valence-corrected chi connectivity index (χ2v) is 2.20. The van der Waals surface area contributed by atoms with Gasteiger partial charge in [0.25, 0.3) is 5.24 Å². The fraction of sp³-hybridized carbons (Fsp3) is 0.143. The van der Waals surface area contributed by atoms with Crippen LogP contribution in [0.25, 0.3) is 0 Å². The maximum atomic E-state index is 10.6. The minimum absolute atomic E-state index is 0.386. The van der Waals surface area contributed by atoms with Crippen molar-refractivity contribution in [1.82, 2.24) is 4.98 Å². The number of halogens is 1. The highest BCUT2D eigenvalue weighted by Crippen LogP contribution is 2.10. The van der Waals surface area contributed by atoms with Crippen LogP contribution in [-0.4, -0.2) is 17.3 Å². The van der Waals surface area contributed by atoms with Gasteiger partial charge in [0.05, 0.1) is 7.11 Å². The molecule has 0 bridgehead atoms. The highest BCUT2D eigenvalue weighted by Gasteiger charge is 2.02. The molecular weight excluding hydrogens is 166 g/mol. The van der Waals surface area contributed by atoms with E-state index in [1.807, 2.05) is 0 Å². The lowest BCUT2D eigenvalue weighted by Crippen LogP contribution is -1.92. The molecule has 3 nitrogen and oxygen atoms in total. The van der Waals surface area contributed by atoms with Gasteiger partial charge < -0.3 is 4.74 Å². The van der Waals surface area contributed by atoms with Crippen LogP contribution in [0.4, 0.5) is 0 Å². The number of methoxy groups -OCH3 is 1. The molecule has 0 aromatic carbocycles. The van der Waals surface area contributed by atoms with E-state index in [1.165, 1.54) is 25.4 Å². The molecule has 0 fully saturated rings. The molecule has 0 aliphatic carbocycles. The zero-order chi connectivity index (χ0) is 8.27. The number of nitrogens with zero attached hydrogens (tertiary/aromatic N) is 1. The number of hydrogen-bond acceptors (Lipinski definition) is 3. The van der Waals surface area contributed by atoms with Crippen molar-refractivity contribution in [3.8, 4) is 5.88 Å². The van der Waals surface area contributed by atoms with Gasteiger partial charge in [-0.1, -0.05) is 0 Å². The summed E-state index contributed by atoms with van der Waals surface area (Å²) in [6.45, 7) is 0. The van der Waals surface area contributed by atoms with Crippen LogP contribution in [0.2, 0.25) is 0 Å². The second-order valence-electron chi connectivity index (χ2n) is 1.86. The molecule has 1 aromatic heterocycles. The third-order valence-electron chi connectivity index (χ3n) is 1.17. The second kappa shape index (κ2) is 3.34. The topological polar surface area (TPSA) is 39.2 Å². The Hall–Kier alpha value is -1.09. The summed E-state index contributed by atoms with van der Waals surface area (Å²) in [7, 11) is 1.48. The Bertz CT molecular complexity index is 275. The van der Waals surface area contributed by atoms with Crippen molar-refractivity contribution in [2.75, 3.05) is 7.11 Å². The van der Waals surface area contributed by atoms with Crippen molar-refractivity contribution < 1.29 is 9.53 Å². The number of ether oxygens (including phenoxy) is 1. The molecule has 0 amide bonds. The van der Waals surface area contributed by atoms with Crippen LogP contribution >= 0.6 is 11.6 Å². The van der Waals surface area contributed by atoms with Crippen molar-refractivity contribution in [3.63, 3.8) is 0 Å². The fourth-order valence-electron chi connectivity index (χ4n) is 0.643. The van der Waals surface area contributed by atoms with E-state index in [2.05, 4.69) is 4.98 Å². The molecule has 4 heteroatoms. The molecule has 0 spiro atoms. The van der Waals surface area contributed by atoms with Crippen LogP contribution in [0.3, 0.4) is 0 Å². The minimum atomic E-state index is -0.509. The molecular formula is C7H6ClNO2. The SMILES string of the molecule is COc1cc(C(=O)Cl)ccn1. The molecule has 1 heterocycles. The third kappa shape index (κ3) is 1.91. The summed E-state index contributed by atoms with van der Waals surface area (Å²) in [6.07, 6.45) is 1.47. The van der Waals surface area contributed by atoms with E-state index in [-0.39, 0.29) is 0 Å². The molecule has 0 aliphatic heterocycles. The zero-order valence-corrected chi connectivity index (χ0v) is 6.63. The smallest absolute Gasteiger partial charge is 0.252 e. The number of aromatic nitrogens is 1. The Kier molecular flexibility index (Phi) is 2.44. The van der Waals surface area contributed by atoms with Gasteiger partial charge in [0.15, 0.2) is 0 Å². The van der Waals surface area contributed by atoms with Crippen molar-refractivity contribution in [2.24, 2.45) is 0 Å². The molecule has 0 radical (unpaired) electrons. The Balaban J connectivity index is 3.01. The molecule has 0 saturated carbocycles. The standard InChI is InChI=1S/C7H6ClNO2/c1-11-6-4-5(7(8)10)2-3-9-6/h2-4H,1H3. The van der Waals surface area contributed by atoms with E-state index in [9.17, 15) is 4.79 Å². The summed E-state index contributed by atoms with van der Waals surface area (Å²) in [5, 5.41) is -0.509. The molecule has 58 valence electrons. The molecule has 0 aliphatic rings. The average molecular weight is 172 g/mol. The molecule has 11 heavy (non-hydrogen) atoms. The lowest BCUT2D eigenvalue weighted by atomic mass is 10.3. The van der Waals surface area contributed by atoms with E-state index in [0.717, 1.165) is 0 Å². The van der Waals surface area contributed by atoms with Gasteiger partial charge in [-0.15, -0.1) is 0 Å². The van der Waals surface area contributed by atoms with Crippen molar-refractivity contribution >= 4 is 16.8 Å². The predicted molar refractivity (Wildman–Crippen MR) is 41.0 cm³/mol. The third-order valence-corrected chi connectivity index (χ3v) is 1.39. The summed E-state index contributed by atoms with van der Waals surface area (Å²) in [5.74, 6) is 0.386. The van der Waals surface area contributed by atoms with E-state index in [1.54, 1.807) is 0 Å². The summed E-state index contributed by atoms with van der Waals surface area (Å²) < 4.78 is 4.78. The molecule has 1 rings (SSSR count). The Morgan fingerprint density at radius 2 is 2.45 bits per heavy atom. The van der Waals surface area contributed by atoms with E-state index in [4.69, 9.17) is 16.3 Å². The number of carbonyl (C=O) groups is 1. The van der Waals surface area contributed by atoms with Crippen LogP contribution in [0, 0.1) is 0 Å². The number of hydrogen-bond donors (Lipinski definition) is 0.